The minimum Gasteiger partial charge on any atom is -0.479 e. The molecule has 21 heavy (non-hydrogen) atoms. The van der Waals surface area contributed by atoms with Gasteiger partial charge in [-0.3, -0.25) is 0 Å². The van der Waals surface area contributed by atoms with Crippen LogP contribution in [0.1, 0.15) is 6.92 Å². The van der Waals surface area contributed by atoms with Crippen molar-refractivity contribution in [2.24, 2.45) is 0 Å². The van der Waals surface area contributed by atoms with Gasteiger partial charge < -0.3 is 14.6 Å². The molecule has 0 radical (unpaired) electrons. The first-order chi connectivity index (χ1) is 9.97. The molecule has 1 atom stereocenters. The lowest BCUT2D eigenvalue weighted by molar-refractivity contribution is -0.144. The summed E-state index contributed by atoms with van der Waals surface area (Å²) >= 11 is 5.62. The number of hydrogen-bond acceptors (Lipinski definition) is 4. The molecule has 0 fully saturated rings. The lowest BCUT2D eigenvalue weighted by atomic mass is 10.3. The summed E-state index contributed by atoms with van der Waals surface area (Å²) < 4.78 is 24.0. The first-order valence-electron chi connectivity index (χ1n) is 5.94. The first kappa shape index (κ1) is 15.1. The number of pyridine rings is 1. The topological polar surface area (TPSA) is 68.7 Å². The summed E-state index contributed by atoms with van der Waals surface area (Å²) in [5, 5.41) is 8.65. The van der Waals surface area contributed by atoms with Crippen molar-refractivity contribution in [3.63, 3.8) is 0 Å². The van der Waals surface area contributed by atoms with Gasteiger partial charge in [-0.05, 0) is 37.3 Å². The van der Waals surface area contributed by atoms with Crippen molar-refractivity contribution < 1.29 is 23.8 Å². The van der Waals surface area contributed by atoms with Crippen LogP contribution in [-0.2, 0) is 4.79 Å². The number of rotatable bonds is 5. The Bertz CT molecular complexity index is 648. The number of benzene rings is 1. The van der Waals surface area contributed by atoms with Crippen LogP contribution in [0.3, 0.4) is 0 Å². The van der Waals surface area contributed by atoms with Crippen molar-refractivity contribution in [1.29, 1.82) is 0 Å². The van der Waals surface area contributed by atoms with Crippen LogP contribution in [-0.4, -0.2) is 22.2 Å². The second-order valence-electron chi connectivity index (χ2n) is 4.08. The van der Waals surface area contributed by atoms with Crippen LogP contribution >= 0.6 is 11.6 Å². The van der Waals surface area contributed by atoms with Crippen molar-refractivity contribution in [1.82, 2.24) is 4.98 Å². The molecule has 0 aliphatic carbocycles. The highest BCUT2D eigenvalue weighted by atomic mass is 35.5. The smallest absolute Gasteiger partial charge is 0.344 e. The van der Waals surface area contributed by atoms with Gasteiger partial charge in [0.1, 0.15) is 11.5 Å². The van der Waals surface area contributed by atoms with Gasteiger partial charge in [-0.2, -0.15) is 4.39 Å². The molecular formula is C14H11ClFNO4. The molecule has 1 heterocycles. The van der Waals surface area contributed by atoms with E-state index < -0.39 is 17.9 Å². The fraction of sp³-hybridized carbons (Fsp3) is 0.143. The number of aliphatic carboxylic acids is 1. The number of carboxylic acid groups (broad SMARTS) is 1. The van der Waals surface area contributed by atoms with Gasteiger partial charge in [0.2, 0.25) is 5.82 Å². The molecule has 7 heteroatoms. The molecule has 0 unspecified atom stereocenters. The third kappa shape index (κ3) is 3.82. The van der Waals surface area contributed by atoms with E-state index in [9.17, 15) is 9.18 Å². The summed E-state index contributed by atoms with van der Waals surface area (Å²) in [6.07, 6.45) is 0.357. The van der Waals surface area contributed by atoms with E-state index in [-0.39, 0.29) is 10.9 Å². The Labute approximate surface area is 124 Å². The molecule has 0 aliphatic rings. The fourth-order valence-electron chi connectivity index (χ4n) is 1.43. The minimum atomic E-state index is -1.07. The third-order valence-corrected chi connectivity index (χ3v) is 2.80. The van der Waals surface area contributed by atoms with Crippen LogP contribution in [0.25, 0.3) is 0 Å². The fourth-order valence-corrected chi connectivity index (χ4v) is 1.56. The van der Waals surface area contributed by atoms with E-state index in [0.717, 1.165) is 0 Å². The standard InChI is InChI=1S/C14H11ClFNO4/c1-8(14(18)19)20-9-2-4-10(5-3-9)21-13-12(16)11(15)6-7-17-13/h2-8H,1H3,(H,18,19)/t8-/m1/s1. The predicted octanol–water partition coefficient (Wildman–Crippen LogP) is 3.52. The van der Waals surface area contributed by atoms with E-state index in [1.165, 1.54) is 43.5 Å². The molecule has 1 aromatic carbocycles. The van der Waals surface area contributed by atoms with Crippen molar-refractivity contribution in [2.45, 2.75) is 13.0 Å². The molecule has 110 valence electrons. The number of carbonyl (C=O) groups is 1. The Morgan fingerprint density at radius 2 is 1.90 bits per heavy atom. The van der Waals surface area contributed by atoms with Gasteiger partial charge in [0.05, 0.1) is 5.02 Å². The lowest BCUT2D eigenvalue weighted by Crippen LogP contribution is -2.22. The molecule has 2 rings (SSSR count). The summed E-state index contributed by atoms with van der Waals surface area (Å²) in [5.41, 5.74) is 0. The largest absolute Gasteiger partial charge is 0.479 e. The second-order valence-corrected chi connectivity index (χ2v) is 4.49. The molecule has 1 N–H and O–H groups in total. The zero-order valence-corrected chi connectivity index (χ0v) is 11.7. The molecule has 0 spiro atoms. The maximum atomic E-state index is 13.6. The molecule has 0 saturated heterocycles. The molecule has 1 aromatic heterocycles. The summed E-state index contributed by atoms with van der Waals surface area (Å²) in [6.45, 7) is 1.41. The highest BCUT2D eigenvalue weighted by molar-refractivity contribution is 6.30. The SMILES string of the molecule is C[C@@H](Oc1ccc(Oc2nccc(Cl)c2F)cc1)C(=O)O. The van der Waals surface area contributed by atoms with E-state index in [2.05, 4.69) is 4.98 Å². The van der Waals surface area contributed by atoms with Crippen molar-refractivity contribution in [3.8, 4) is 17.4 Å². The molecule has 5 nitrogen and oxygen atoms in total. The monoisotopic (exact) mass is 311 g/mol. The maximum absolute atomic E-state index is 13.6. The van der Waals surface area contributed by atoms with E-state index in [1.807, 2.05) is 0 Å². The third-order valence-electron chi connectivity index (χ3n) is 2.51. The second kappa shape index (κ2) is 6.41. The molecule has 0 bridgehead atoms. The van der Waals surface area contributed by atoms with Gasteiger partial charge in [-0.25, -0.2) is 9.78 Å². The quantitative estimate of drug-likeness (QED) is 0.915. The van der Waals surface area contributed by atoms with E-state index in [1.54, 1.807) is 0 Å². The molecule has 0 saturated carbocycles. The van der Waals surface area contributed by atoms with Crippen LogP contribution < -0.4 is 9.47 Å². The number of aromatic nitrogens is 1. The van der Waals surface area contributed by atoms with Gasteiger partial charge in [-0.1, -0.05) is 11.6 Å². The molecule has 2 aromatic rings. The molecular weight excluding hydrogens is 301 g/mol. The van der Waals surface area contributed by atoms with Crippen LogP contribution in [0.5, 0.6) is 17.4 Å². The van der Waals surface area contributed by atoms with Crippen LogP contribution in [0, 0.1) is 5.82 Å². The van der Waals surface area contributed by atoms with Crippen molar-refractivity contribution in [2.75, 3.05) is 0 Å². The van der Waals surface area contributed by atoms with E-state index in [4.69, 9.17) is 26.2 Å². The zero-order chi connectivity index (χ0) is 15.4. The van der Waals surface area contributed by atoms with Crippen molar-refractivity contribution in [3.05, 3.63) is 47.4 Å². The normalized spacial score (nSPS) is 11.8. The lowest BCUT2D eigenvalue weighted by Gasteiger charge is -2.11. The molecule has 0 amide bonds. The number of nitrogens with zero attached hydrogens (tertiary/aromatic N) is 1. The predicted molar refractivity (Wildman–Crippen MR) is 73.4 cm³/mol. The number of halogens is 2. The minimum absolute atomic E-state index is 0.0877. The van der Waals surface area contributed by atoms with Gasteiger partial charge in [0.25, 0.3) is 5.88 Å². The van der Waals surface area contributed by atoms with E-state index in [0.29, 0.717) is 11.5 Å². The van der Waals surface area contributed by atoms with Crippen molar-refractivity contribution >= 4 is 17.6 Å². The summed E-state index contributed by atoms with van der Waals surface area (Å²) in [4.78, 5) is 14.4. The Kier molecular flexibility index (Phi) is 4.59. The number of carboxylic acids is 1. The van der Waals surface area contributed by atoms with Crippen LogP contribution in [0.4, 0.5) is 4.39 Å². The number of hydrogen-bond donors (Lipinski definition) is 1. The van der Waals surface area contributed by atoms with Crippen LogP contribution in [0.15, 0.2) is 36.5 Å². The Hall–Kier alpha value is -2.34. The number of ether oxygens (including phenoxy) is 2. The van der Waals surface area contributed by atoms with Crippen LogP contribution in [0.2, 0.25) is 5.02 Å². The zero-order valence-electron chi connectivity index (χ0n) is 10.9. The average Bonchev–Trinajstić information content (AvgIpc) is 2.46. The summed E-state index contributed by atoms with van der Waals surface area (Å²) in [7, 11) is 0. The van der Waals surface area contributed by atoms with E-state index >= 15 is 0 Å². The average molecular weight is 312 g/mol. The Morgan fingerprint density at radius 1 is 1.29 bits per heavy atom. The Morgan fingerprint density at radius 3 is 2.52 bits per heavy atom. The highest BCUT2D eigenvalue weighted by Gasteiger charge is 2.13. The summed E-state index contributed by atoms with van der Waals surface area (Å²) in [6, 6.07) is 7.35. The molecule has 0 aliphatic heterocycles. The first-order valence-corrected chi connectivity index (χ1v) is 6.32. The highest BCUT2D eigenvalue weighted by Crippen LogP contribution is 2.27. The Balaban J connectivity index is 2.09. The van der Waals surface area contributed by atoms with Gasteiger partial charge in [0.15, 0.2) is 6.10 Å². The van der Waals surface area contributed by atoms with Gasteiger partial charge in [0, 0.05) is 6.20 Å². The van der Waals surface area contributed by atoms with Gasteiger partial charge >= 0.3 is 5.97 Å². The summed E-state index contributed by atoms with van der Waals surface area (Å²) in [5.74, 6) is -1.38. The maximum Gasteiger partial charge on any atom is 0.344 e. The van der Waals surface area contributed by atoms with Gasteiger partial charge in [-0.15, -0.1) is 0 Å².